The van der Waals surface area contributed by atoms with Crippen LogP contribution in [0.15, 0.2) is 30.3 Å². The molecule has 0 aromatic heterocycles. The fourth-order valence-electron chi connectivity index (χ4n) is 3.65. The fourth-order valence-corrected chi connectivity index (χ4v) is 3.65. The van der Waals surface area contributed by atoms with Crippen LogP contribution in [0.25, 0.3) is 0 Å². The van der Waals surface area contributed by atoms with Gasteiger partial charge in [-0.25, -0.2) is 0 Å². The summed E-state index contributed by atoms with van der Waals surface area (Å²) in [5.74, 6) is -0.0262. The van der Waals surface area contributed by atoms with Crippen molar-refractivity contribution in [1.82, 2.24) is 0 Å². The Morgan fingerprint density at radius 3 is 1.74 bits per heavy atom. The standard InChI is InChI=1S/C20H28O3/c21-19(16-10-4-1-5-11-16)20(22-17-12-6-2-7-13-17)23-18-14-8-3-9-15-18/h1,4-5,10-11,17-18,20H,2-3,6-9,12-15H2. The summed E-state index contributed by atoms with van der Waals surface area (Å²) in [7, 11) is 0. The van der Waals surface area contributed by atoms with Gasteiger partial charge < -0.3 is 9.47 Å². The van der Waals surface area contributed by atoms with Crippen LogP contribution in [0.3, 0.4) is 0 Å². The lowest BCUT2D eigenvalue weighted by Crippen LogP contribution is -2.36. The SMILES string of the molecule is O=C(c1ccccc1)C(OC1CCCCC1)OC1CCCCC1. The topological polar surface area (TPSA) is 35.5 Å². The summed E-state index contributed by atoms with van der Waals surface area (Å²) in [4.78, 5) is 12.8. The molecule has 0 unspecified atom stereocenters. The maximum atomic E-state index is 12.8. The third-order valence-electron chi connectivity index (χ3n) is 5.01. The van der Waals surface area contributed by atoms with Gasteiger partial charge in [-0.1, -0.05) is 68.9 Å². The number of hydrogen-bond acceptors (Lipinski definition) is 3. The van der Waals surface area contributed by atoms with Gasteiger partial charge in [-0.3, -0.25) is 4.79 Å². The lowest BCUT2D eigenvalue weighted by Gasteiger charge is -2.31. The number of ether oxygens (including phenoxy) is 2. The molecule has 0 spiro atoms. The predicted octanol–water partition coefficient (Wildman–Crippen LogP) is 4.89. The van der Waals surface area contributed by atoms with E-state index < -0.39 is 6.29 Å². The zero-order valence-corrected chi connectivity index (χ0v) is 13.9. The van der Waals surface area contributed by atoms with E-state index in [0.717, 1.165) is 25.7 Å². The number of benzene rings is 1. The van der Waals surface area contributed by atoms with E-state index in [0.29, 0.717) is 5.56 Å². The molecule has 1 aromatic rings. The number of carbonyl (C=O) groups is 1. The maximum absolute atomic E-state index is 12.8. The molecule has 3 nitrogen and oxygen atoms in total. The molecule has 0 heterocycles. The molecule has 1 aromatic carbocycles. The number of rotatable bonds is 6. The number of ketones is 1. The predicted molar refractivity (Wildman–Crippen MR) is 90.5 cm³/mol. The first-order chi connectivity index (χ1) is 11.3. The van der Waals surface area contributed by atoms with Crippen molar-refractivity contribution in [3.63, 3.8) is 0 Å². The van der Waals surface area contributed by atoms with E-state index in [1.165, 1.54) is 38.5 Å². The van der Waals surface area contributed by atoms with Gasteiger partial charge in [0.25, 0.3) is 0 Å². The van der Waals surface area contributed by atoms with Crippen LogP contribution in [0.1, 0.15) is 74.6 Å². The zero-order valence-electron chi connectivity index (χ0n) is 13.9. The van der Waals surface area contributed by atoms with Gasteiger partial charge in [0.05, 0.1) is 12.2 Å². The van der Waals surface area contributed by atoms with Gasteiger partial charge in [0.2, 0.25) is 12.1 Å². The molecule has 0 bridgehead atoms. The van der Waals surface area contributed by atoms with Crippen LogP contribution >= 0.6 is 0 Å². The van der Waals surface area contributed by atoms with Gasteiger partial charge in [0.1, 0.15) is 0 Å². The van der Waals surface area contributed by atoms with Gasteiger partial charge in [0, 0.05) is 5.56 Å². The van der Waals surface area contributed by atoms with Gasteiger partial charge in [-0.15, -0.1) is 0 Å². The van der Waals surface area contributed by atoms with E-state index in [2.05, 4.69) is 0 Å². The highest BCUT2D eigenvalue weighted by molar-refractivity contribution is 5.98. The molecule has 23 heavy (non-hydrogen) atoms. The van der Waals surface area contributed by atoms with Crippen molar-refractivity contribution >= 4 is 5.78 Å². The summed E-state index contributed by atoms with van der Waals surface area (Å²) in [5, 5.41) is 0. The van der Waals surface area contributed by atoms with Crippen LogP contribution in [0.5, 0.6) is 0 Å². The van der Waals surface area contributed by atoms with E-state index in [1.54, 1.807) is 0 Å². The van der Waals surface area contributed by atoms with Gasteiger partial charge in [-0.2, -0.15) is 0 Å². The molecule has 126 valence electrons. The molecule has 0 radical (unpaired) electrons. The lowest BCUT2D eigenvalue weighted by molar-refractivity contribution is -0.177. The van der Waals surface area contributed by atoms with Gasteiger partial charge in [0.15, 0.2) is 0 Å². The highest BCUT2D eigenvalue weighted by Gasteiger charge is 2.29. The average molecular weight is 316 g/mol. The molecule has 3 heteroatoms. The first kappa shape index (κ1) is 16.7. The third-order valence-corrected chi connectivity index (χ3v) is 5.01. The van der Waals surface area contributed by atoms with E-state index in [-0.39, 0.29) is 18.0 Å². The van der Waals surface area contributed by atoms with Crippen molar-refractivity contribution in [2.45, 2.75) is 82.7 Å². The molecule has 2 aliphatic carbocycles. The minimum atomic E-state index is -0.733. The smallest absolute Gasteiger partial charge is 0.223 e. The van der Waals surface area contributed by atoms with Crippen molar-refractivity contribution in [2.24, 2.45) is 0 Å². The number of carbonyl (C=O) groups excluding carboxylic acids is 1. The Hall–Kier alpha value is -1.19. The van der Waals surface area contributed by atoms with Crippen molar-refractivity contribution < 1.29 is 14.3 Å². The van der Waals surface area contributed by atoms with Gasteiger partial charge >= 0.3 is 0 Å². The Morgan fingerprint density at radius 1 is 0.783 bits per heavy atom. The van der Waals surface area contributed by atoms with E-state index in [1.807, 2.05) is 30.3 Å². The molecule has 0 saturated heterocycles. The molecule has 0 aliphatic heterocycles. The quantitative estimate of drug-likeness (QED) is 0.553. The summed E-state index contributed by atoms with van der Waals surface area (Å²) in [6.07, 6.45) is 11.1. The van der Waals surface area contributed by atoms with Crippen molar-refractivity contribution in [3.8, 4) is 0 Å². The Bertz CT molecular complexity index is 453. The third kappa shape index (κ3) is 4.89. The van der Waals surface area contributed by atoms with Crippen LogP contribution in [-0.4, -0.2) is 24.3 Å². The molecule has 0 amide bonds. The van der Waals surface area contributed by atoms with Gasteiger partial charge in [-0.05, 0) is 25.7 Å². The van der Waals surface area contributed by atoms with Crippen LogP contribution in [0.4, 0.5) is 0 Å². The molecule has 3 rings (SSSR count). The maximum Gasteiger partial charge on any atom is 0.223 e. The largest absolute Gasteiger partial charge is 0.342 e. The Kier molecular flexibility index (Phi) is 6.23. The first-order valence-corrected chi connectivity index (χ1v) is 9.23. The Labute approximate surface area is 139 Å². The summed E-state index contributed by atoms with van der Waals surface area (Å²) >= 11 is 0. The Morgan fingerprint density at radius 2 is 1.26 bits per heavy atom. The summed E-state index contributed by atoms with van der Waals surface area (Å²) in [6, 6.07) is 9.42. The molecule has 0 N–H and O–H groups in total. The van der Waals surface area contributed by atoms with Crippen molar-refractivity contribution in [1.29, 1.82) is 0 Å². The molecule has 2 saturated carbocycles. The summed E-state index contributed by atoms with van der Waals surface area (Å²) < 4.78 is 12.3. The second kappa shape index (κ2) is 8.60. The van der Waals surface area contributed by atoms with Crippen molar-refractivity contribution in [2.75, 3.05) is 0 Å². The van der Waals surface area contributed by atoms with Crippen LogP contribution in [0.2, 0.25) is 0 Å². The molecule has 2 aliphatic rings. The molecular weight excluding hydrogens is 288 g/mol. The summed E-state index contributed by atoms with van der Waals surface area (Å²) in [5.41, 5.74) is 0.684. The van der Waals surface area contributed by atoms with E-state index in [9.17, 15) is 4.79 Å². The normalized spacial score (nSPS) is 20.7. The number of hydrogen-bond donors (Lipinski definition) is 0. The minimum Gasteiger partial charge on any atom is -0.342 e. The lowest BCUT2D eigenvalue weighted by atomic mass is 9.97. The highest BCUT2D eigenvalue weighted by Crippen LogP contribution is 2.26. The highest BCUT2D eigenvalue weighted by atomic mass is 16.7. The van der Waals surface area contributed by atoms with E-state index >= 15 is 0 Å². The molecule has 2 fully saturated rings. The Balaban J connectivity index is 1.67. The zero-order chi connectivity index (χ0) is 15.9. The fraction of sp³-hybridized carbons (Fsp3) is 0.650. The second-order valence-corrected chi connectivity index (χ2v) is 6.85. The van der Waals surface area contributed by atoms with Crippen molar-refractivity contribution in [3.05, 3.63) is 35.9 Å². The number of Topliss-reactive ketones (excluding diaryl/α,β-unsaturated/α-hetero) is 1. The average Bonchev–Trinajstić information content (AvgIpc) is 2.63. The van der Waals surface area contributed by atoms with Crippen LogP contribution in [-0.2, 0) is 9.47 Å². The first-order valence-electron chi connectivity index (χ1n) is 9.23. The van der Waals surface area contributed by atoms with Crippen LogP contribution < -0.4 is 0 Å². The molecular formula is C20H28O3. The minimum absolute atomic E-state index is 0.0262. The monoisotopic (exact) mass is 316 g/mol. The molecule has 0 atom stereocenters. The summed E-state index contributed by atoms with van der Waals surface area (Å²) in [6.45, 7) is 0. The van der Waals surface area contributed by atoms with E-state index in [4.69, 9.17) is 9.47 Å². The van der Waals surface area contributed by atoms with Crippen LogP contribution in [0, 0.1) is 0 Å². The second-order valence-electron chi connectivity index (χ2n) is 6.85.